The van der Waals surface area contributed by atoms with Crippen molar-refractivity contribution in [3.8, 4) is 5.69 Å². The van der Waals surface area contributed by atoms with E-state index in [-0.39, 0.29) is 0 Å². The summed E-state index contributed by atoms with van der Waals surface area (Å²) in [5, 5.41) is 4.26. The number of para-hydroxylation sites is 1. The van der Waals surface area contributed by atoms with E-state index in [0.717, 1.165) is 5.69 Å². The Morgan fingerprint density at radius 1 is 1.15 bits per heavy atom. The van der Waals surface area contributed by atoms with Crippen LogP contribution < -0.4 is 0 Å². The van der Waals surface area contributed by atoms with Crippen molar-refractivity contribution in [3.63, 3.8) is 0 Å². The first kappa shape index (κ1) is 8.05. The zero-order valence-electron chi connectivity index (χ0n) is 7.86. The number of hydrogen-bond donors (Lipinski definition) is 0. The minimum absolute atomic E-state index is 1.15. The van der Waals surface area contributed by atoms with Gasteiger partial charge in [-0.25, -0.2) is 4.68 Å². The summed E-state index contributed by atoms with van der Waals surface area (Å²) in [4.78, 5) is 0. The van der Waals surface area contributed by atoms with Crippen LogP contribution in [0.2, 0.25) is 0 Å². The SMILES string of the molecule is Cc1cnn(-c2ccccc2C)c1. The van der Waals surface area contributed by atoms with Crippen molar-refractivity contribution in [2.24, 2.45) is 0 Å². The minimum Gasteiger partial charge on any atom is -0.240 e. The Hall–Kier alpha value is -1.57. The van der Waals surface area contributed by atoms with Crippen LogP contribution >= 0.6 is 0 Å². The molecule has 0 bridgehead atoms. The van der Waals surface area contributed by atoms with Crippen molar-refractivity contribution in [1.29, 1.82) is 0 Å². The molecule has 2 heteroatoms. The molecule has 0 saturated heterocycles. The molecule has 0 radical (unpaired) electrons. The second-order valence-electron chi connectivity index (χ2n) is 3.25. The van der Waals surface area contributed by atoms with Gasteiger partial charge in [0, 0.05) is 6.20 Å². The van der Waals surface area contributed by atoms with Crippen LogP contribution in [0, 0.1) is 13.8 Å². The highest BCUT2D eigenvalue weighted by molar-refractivity contribution is 5.39. The molecule has 1 aromatic carbocycles. The third-order valence-electron chi connectivity index (χ3n) is 2.07. The van der Waals surface area contributed by atoms with Gasteiger partial charge in [0.1, 0.15) is 0 Å². The van der Waals surface area contributed by atoms with E-state index in [1.54, 1.807) is 0 Å². The minimum atomic E-state index is 1.15. The monoisotopic (exact) mass is 172 g/mol. The third-order valence-corrected chi connectivity index (χ3v) is 2.07. The quantitative estimate of drug-likeness (QED) is 0.646. The van der Waals surface area contributed by atoms with Crippen molar-refractivity contribution >= 4 is 0 Å². The summed E-state index contributed by atoms with van der Waals surface area (Å²) in [6, 6.07) is 8.22. The fourth-order valence-corrected chi connectivity index (χ4v) is 1.37. The standard InChI is InChI=1S/C11H12N2/c1-9-7-12-13(8-9)11-6-4-3-5-10(11)2/h3-8H,1-2H3. The van der Waals surface area contributed by atoms with E-state index in [1.165, 1.54) is 11.1 Å². The predicted molar refractivity (Wildman–Crippen MR) is 53.0 cm³/mol. The van der Waals surface area contributed by atoms with Gasteiger partial charge < -0.3 is 0 Å². The number of hydrogen-bond acceptors (Lipinski definition) is 1. The lowest BCUT2D eigenvalue weighted by Gasteiger charge is -2.03. The number of aromatic nitrogens is 2. The molecule has 2 aromatic rings. The van der Waals surface area contributed by atoms with Crippen LogP contribution in [-0.4, -0.2) is 9.78 Å². The van der Waals surface area contributed by atoms with Gasteiger partial charge in [0.2, 0.25) is 0 Å². The molecular weight excluding hydrogens is 160 g/mol. The summed E-state index contributed by atoms with van der Waals surface area (Å²) in [7, 11) is 0. The van der Waals surface area contributed by atoms with Gasteiger partial charge in [-0.05, 0) is 31.0 Å². The second kappa shape index (κ2) is 3.05. The Labute approximate surface area is 77.8 Å². The number of benzene rings is 1. The van der Waals surface area contributed by atoms with Gasteiger partial charge in [-0.15, -0.1) is 0 Å². The summed E-state index contributed by atoms with van der Waals surface area (Å²) in [5.74, 6) is 0. The molecule has 0 amide bonds. The summed E-state index contributed by atoms with van der Waals surface area (Å²) in [6.45, 7) is 4.13. The van der Waals surface area contributed by atoms with Crippen LogP contribution in [-0.2, 0) is 0 Å². The average molecular weight is 172 g/mol. The smallest absolute Gasteiger partial charge is 0.0674 e. The highest BCUT2D eigenvalue weighted by atomic mass is 15.3. The zero-order chi connectivity index (χ0) is 9.26. The average Bonchev–Trinajstić information content (AvgIpc) is 2.53. The third kappa shape index (κ3) is 1.47. The summed E-state index contributed by atoms with van der Waals surface area (Å²) >= 11 is 0. The molecule has 0 aliphatic heterocycles. The Morgan fingerprint density at radius 3 is 2.54 bits per heavy atom. The molecule has 0 fully saturated rings. The van der Waals surface area contributed by atoms with E-state index >= 15 is 0 Å². The van der Waals surface area contributed by atoms with Crippen molar-refractivity contribution in [2.75, 3.05) is 0 Å². The molecular formula is C11H12N2. The summed E-state index contributed by atoms with van der Waals surface area (Å²) in [5.41, 5.74) is 3.57. The van der Waals surface area contributed by atoms with E-state index in [9.17, 15) is 0 Å². The van der Waals surface area contributed by atoms with Gasteiger partial charge in [-0.1, -0.05) is 18.2 Å². The van der Waals surface area contributed by atoms with Gasteiger partial charge in [0.25, 0.3) is 0 Å². The Bertz CT molecular complexity index is 416. The van der Waals surface area contributed by atoms with Crippen LogP contribution in [0.25, 0.3) is 5.69 Å². The Morgan fingerprint density at radius 2 is 1.92 bits per heavy atom. The molecule has 0 N–H and O–H groups in total. The molecule has 0 spiro atoms. The van der Waals surface area contributed by atoms with Crippen molar-refractivity contribution in [3.05, 3.63) is 47.8 Å². The molecule has 1 aromatic heterocycles. The lowest BCUT2D eigenvalue weighted by molar-refractivity contribution is 0.872. The predicted octanol–water partition coefficient (Wildman–Crippen LogP) is 2.49. The molecule has 0 aliphatic carbocycles. The molecule has 0 atom stereocenters. The lowest BCUT2D eigenvalue weighted by atomic mass is 10.2. The van der Waals surface area contributed by atoms with E-state index < -0.39 is 0 Å². The van der Waals surface area contributed by atoms with Crippen LogP contribution in [0.15, 0.2) is 36.7 Å². The molecule has 0 saturated carbocycles. The largest absolute Gasteiger partial charge is 0.240 e. The van der Waals surface area contributed by atoms with Crippen LogP contribution in [0.4, 0.5) is 0 Å². The van der Waals surface area contributed by atoms with E-state index in [1.807, 2.05) is 36.1 Å². The van der Waals surface area contributed by atoms with Crippen LogP contribution in [0.5, 0.6) is 0 Å². The molecule has 0 unspecified atom stereocenters. The van der Waals surface area contributed by atoms with Gasteiger partial charge >= 0.3 is 0 Å². The van der Waals surface area contributed by atoms with Gasteiger partial charge in [0.05, 0.1) is 11.9 Å². The molecule has 2 nitrogen and oxygen atoms in total. The first-order chi connectivity index (χ1) is 6.27. The maximum absolute atomic E-state index is 4.26. The molecule has 2 rings (SSSR count). The van der Waals surface area contributed by atoms with E-state index in [4.69, 9.17) is 0 Å². The van der Waals surface area contributed by atoms with Crippen molar-refractivity contribution < 1.29 is 0 Å². The maximum atomic E-state index is 4.26. The van der Waals surface area contributed by atoms with Crippen LogP contribution in [0.1, 0.15) is 11.1 Å². The molecule has 1 heterocycles. The van der Waals surface area contributed by atoms with Gasteiger partial charge in [-0.2, -0.15) is 5.10 Å². The highest BCUT2D eigenvalue weighted by Crippen LogP contribution is 2.12. The summed E-state index contributed by atoms with van der Waals surface area (Å²) in [6.07, 6.45) is 3.90. The maximum Gasteiger partial charge on any atom is 0.0674 e. The van der Waals surface area contributed by atoms with E-state index in [0.29, 0.717) is 0 Å². The number of nitrogens with zero attached hydrogens (tertiary/aromatic N) is 2. The van der Waals surface area contributed by atoms with Gasteiger partial charge in [0.15, 0.2) is 0 Å². The molecule has 13 heavy (non-hydrogen) atoms. The summed E-state index contributed by atoms with van der Waals surface area (Å²) < 4.78 is 1.91. The lowest BCUT2D eigenvalue weighted by Crippen LogP contribution is -1.96. The Kier molecular flexibility index (Phi) is 1.89. The van der Waals surface area contributed by atoms with Crippen molar-refractivity contribution in [1.82, 2.24) is 9.78 Å². The number of aryl methyl sites for hydroxylation is 2. The normalized spacial score (nSPS) is 10.3. The fraction of sp³-hybridized carbons (Fsp3) is 0.182. The first-order valence-electron chi connectivity index (χ1n) is 4.34. The van der Waals surface area contributed by atoms with Gasteiger partial charge in [-0.3, -0.25) is 0 Å². The molecule has 0 aliphatic rings. The second-order valence-corrected chi connectivity index (χ2v) is 3.25. The van der Waals surface area contributed by atoms with E-state index in [2.05, 4.69) is 24.2 Å². The highest BCUT2D eigenvalue weighted by Gasteiger charge is 1.99. The number of rotatable bonds is 1. The first-order valence-corrected chi connectivity index (χ1v) is 4.34. The molecule has 66 valence electrons. The fourth-order valence-electron chi connectivity index (χ4n) is 1.37. The Balaban J connectivity index is 2.52. The zero-order valence-corrected chi connectivity index (χ0v) is 7.86. The topological polar surface area (TPSA) is 17.8 Å². The van der Waals surface area contributed by atoms with Crippen LogP contribution in [0.3, 0.4) is 0 Å². The van der Waals surface area contributed by atoms with Crippen molar-refractivity contribution in [2.45, 2.75) is 13.8 Å².